The minimum atomic E-state index is -1.70. The summed E-state index contributed by atoms with van der Waals surface area (Å²) in [5, 5.41) is 18.2. The number of hydrogen-bond acceptors (Lipinski definition) is 5. The fraction of sp³-hybridized carbons (Fsp3) is 0.364. The molecule has 0 spiro atoms. The number of carbonyl (C=O) groups excluding carboxylic acids is 1. The van der Waals surface area contributed by atoms with Gasteiger partial charge in [-0.25, -0.2) is 0 Å². The molecule has 0 heterocycles. The smallest absolute Gasteiger partial charge is 0.489 e. The molecule has 0 aromatic heterocycles. The van der Waals surface area contributed by atoms with E-state index in [0.29, 0.717) is 12.0 Å². The molecule has 0 radical (unpaired) electrons. The summed E-state index contributed by atoms with van der Waals surface area (Å²) >= 11 is 0. The second kappa shape index (κ2) is 6.39. The van der Waals surface area contributed by atoms with E-state index < -0.39 is 7.12 Å². The highest BCUT2D eigenvalue weighted by atomic mass is 16.5. The number of rotatable bonds is 6. The number of ether oxygens (including phenoxy) is 2. The van der Waals surface area contributed by atoms with E-state index in [9.17, 15) is 4.79 Å². The van der Waals surface area contributed by atoms with Crippen LogP contribution in [0.4, 0.5) is 0 Å². The first-order chi connectivity index (χ1) is 8.10. The van der Waals surface area contributed by atoms with Gasteiger partial charge >= 0.3 is 7.12 Å². The molecule has 1 rings (SSSR count). The van der Waals surface area contributed by atoms with Crippen molar-refractivity contribution in [3.8, 4) is 5.75 Å². The zero-order chi connectivity index (χ0) is 12.8. The van der Waals surface area contributed by atoms with Crippen LogP contribution in [0, 0.1) is 0 Å². The highest BCUT2D eigenvalue weighted by Crippen LogP contribution is 2.15. The van der Waals surface area contributed by atoms with Crippen molar-refractivity contribution in [2.45, 2.75) is 13.0 Å². The third-order valence-electron chi connectivity index (χ3n) is 2.37. The molecule has 0 bridgehead atoms. The maximum Gasteiger partial charge on any atom is 0.489 e. The molecule has 17 heavy (non-hydrogen) atoms. The van der Waals surface area contributed by atoms with Crippen LogP contribution in [0.3, 0.4) is 0 Å². The largest absolute Gasteiger partial charge is 0.490 e. The summed E-state index contributed by atoms with van der Waals surface area (Å²) < 4.78 is 10.4. The Balaban J connectivity index is 2.91. The van der Waals surface area contributed by atoms with Gasteiger partial charge in [0, 0.05) is 7.11 Å². The van der Waals surface area contributed by atoms with E-state index in [2.05, 4.69) is 0 Å². The third kappa shape index (κ3) is 3.56. The van der Waals surface area contributed by atoms with Crippen LogP contribution in [0.5, 0.6) is 5.75 Å². The van der Waals surface area contributed by atoms with Crippen LogP contribution in [0.1, 0.15) is 17.3 Å². The van der Waals surface area contributed by atoms with Crippen LogP contribution >= 0.6 is 0 Å². The zero-order valence-corrected chi connectivity index (χ0v) is 9.79. The van der Waals surface area contributed by atoms with Crippen LogP contribution in [-0.2, 0) is 4.74 Å². The van der Waals surface area contributed by atoms with Crippen molar-refractivity contribution in [3.05, 3.63) is 23.8 Å². The summed E-state index contributed by atoms with van der Waals surface area (Å²) in [4.78, 5) is 10.9. The van der Waals surface area contributed by atoms with Gasteiger partial charge in [0.2, 0.25) is 0 Å². The molecule has 92 valence electrons. The quantitative estimate of drug-likeness (QED) is 0.520. The van der Waals surface area contributed by atoms with Crippen molar-refractivity contribution in [3.63, 3.8) is 0 Å². The summed E-state index contributed by atoms with van der Waals surface area (Å²) in [5.74, 6) is 0.314. The monoisotopic (exact) mass is 238 g/mol. The third-order valence-corrected chi connectivity index (χ3v) is 2.37. The van der Waals surface area contributed by atoms with Gasteiger partial charge in [0.05, 0.1) is 11.7 Å². The van der Waals surface area contributed by atoms with Crippen molar-refractivity contribution in [1.29, 1.82) is 0 Å². The minimum absolute atomic E-state index is 0.114. The number of hydrogen-bond donors (Lipinski definition) is 2. The van der Waals surface area contributed by atoms with Crippen LogP contribution in [0.2, 0.25) is 0 Å². The summed E-state index contributed by atoms with van der Waals surface area (Å²) in [7, 11) is -0.138. The standard InChI is InChI=1S/C11H15BO5/c1-8(16-2)7-17-11-5-3-4-10(12(14)15)9(11)6-13/h3-6,8,14-15H,7H2,1-2H3. The number of benzene rings is 1. The maximum absolute atomic E-state index is 10.9. The fourth-order valence-corrected chi connectivity index (χ4v) is 1.31. The molecule has 1 aromatic carbocycles. The van der Waals surface area contributed by atoms with Gasteiger partial charge in [-0.05, 0) is 18.5 Å². The Morgan fingerprint density at radius 3 is 2.71 bits per heavy atom. The van der Waals surface area contributed by atoms with Gasteiger partial charge in [-0.15, -0.1) is 0 Å². The SMILES string of the molecule is COC(C)COc1cccc(B(O)O)c1C=O. The van der Waals surface area contributed by atoms with Gasteiger partial charge in [-0.2, -0.15) is 0 Å². The molecule has 5 nitrogen and oxygen atoms in total. The first-order valence-electron chi connectivity index (χ1n) is 5.20. The van der Waals surface area contributed by atoms with Crippen molar-refractivity contribution >= 4 is 18.9 Å². The van der Waals surface area contributed by atoms with Gasteiger partial charge < -0.3 is 19.5 Å². The summed E-state index contributed by atoms with van der Waals surface area (Å²) in [5.41, 5.74) is 0.272. The fourth-order valence-electron chi connectivity index (χ4n) is 1.31. The second-order valence-electron chi connectivity index (χ2n) is 3.61. The zero-order valence-electron chi connectivity index (χ0n) is 9.79. The summed E-state index contributed by atoms with van der Waals surface area (Å²) in [6.45, 7) is 2.10. The van der Waals surface area contributed by atoms with Crippen LogP contribution in [0.25, 0.3) is 0 Å². The normalized spacial score (nSPS) is 12.0. The molecule has 6 heteroatoms. The molecular formula is C11H15BO5. The molecule has 0 aliphatic heterocycles. The lowest BCUT2D eigenvalue weighted by Gasteiger charge is -2.14. The lowest BCUT2D eigenvalue weighted by atomic mass is 9.77. The Morgan fingerprint density at radius 2 is 2.18 bits per heavy atom. The molecule has 0 fully saturated rings. The number of methoxy groups -OCH3 is 1. The number of carbonyl (C=O) groups is 1. The van der Waals surface area contributed by atoms with Gasteiger partial charge in [0.15, 0.2) is 6.29 Å². The Morgan fingerprint density at radius 1 is 1.47 bits per heavy atom. The Labute approximate surface area is 100 Å². The van der Waals surface area contributed by atoms with Crippen molar-refractivity contribution in [2.75, 3.05) is 13.7 Å². The van der Waals surface area contributed by atoms with Gasteiger partial charge in [0.1, 0.15) is 12.4 Å². The van der Waals surface area contributed by atoms with Crippen molar-refractivity contribution < 1.29 is 24.3 Å². The predicted molar refractivity (Wildman–Crippen MR) is 63.6 cm³/mol. The molecule has 1 atom stereocenters. The first kappa shape index (κ1) is 13.7. The van der Waals surface area contributed by atoms with Gasteiger partial charge in [-0.1, -0.05) is 12.1 Å². The van der Waals surface area contributed by atoms with E-state index in [1.54, 1.807) is 19.2 Å². The topological polar surface area (TPSA) is 76.0 Å². The number of aldehydes is 1. The van der Waals surface area contributed by atoms with Crippen LogP contribution < -0.4 is 10.2 Å². The first-order valence-corrected chi connectivity index (χ1v) is 5.20. The van der Waals surface area contributed by atoms with Crippen molar-refractivity contribution in [2.24, 2.45) is 0 Å². The summed E-state index contributed by atoms with van der Waals surface area (Å²) in [6.07, 6.45) is 0.430. The molecule has 0 aliphatic rings. The van der Waals surface area contributed by atoms with E-state index in [-0.39, 0.29) is 23.7 Å². The van der Waals surface area contributed by atoms with E-state index in [1.165, 1.54) is 6.07 Å². The summed E-state index contributed by atoms with van der Waals surface area (Å²) in [6, 6.07) is 4.65. The van der Waals surface area contributed by atoms with Gasteiger partial charge in [0.25, 0.3) is 0 Å². The lowest BCUT2D eigenvalue weighted by molar-refractivity contribution is 0.0712. The molecule has 0 saturated carbocycles. The minimum Gasteiger partial charge on any atom is -0.490 e. The van der Waals surface area contributed by atoms with E-state index in [1.807, 2.05) is 6.92 Å². The van der Waals surface area contributed by atoms with Gasteiger partial charge in [-0.3, -0.25) is 4.79 Å². The molecule has 2 N–H and O–H groups in total. The van der Waals surface area contributed by atoms with E-state index >= 15 is 0 Å². The molecule has 0 saturated heterocycles. The van der Waals surface area contributed by atoms with Crippen LogP contribution in [0.15, 0.2) is 18.2 Å². The Kier molecular flexibility index (Phi) is 5.15. The molecule has 1 aromatic rings. The maximum atomic E-state index is 10.9. The molecule has 0 aliphatic carbocycles. The highest BCUT2D eigenvalue weighted by Gasteiger charge is 2.19. The second-order valence-corrected chi connectivity index (χ2v) is 3.61. The van der Waals surface area contributed by atoms with Crippen molar-refractivity contribution in [1.82, 2.24) is 0 Å². The molecule has 0 amide bonds. The lowest BCUT2D eigenvalue weighted by Crippen LogP contribution is -2.33. The molecular weight excluding hydrogens is 223 g/mol. The van der Waals surface area contributed by atoms with E-state index in [4.69, 9.17) is 19.5 Å². The Bertz CT molecular complexity index is 380. The Hall–Kier alpha value is -1.37. The average molecular weight is 238 g/mol. The van der Waals surface area contributed by atoms with E-state index in [0.717, 1.165) is 0 Å². The highest BCUT2D eigenvalue weighted by molar-refractivity contribution is 6.60. The molecule has 1 unspecified atom stereocenters. The van der Waals surface area contributed by atoms with Crippen LogP contribution in [-0.4, -0.2) is 43.3 Å². The predicted octanol–water partition coefficient (Wildman–Crippen LogP) is -0.407. The average Bonchev–Trinajstić information content (AvgIpc) is 2.34.